The molecular formula is C21H19F2NO5. The van der Waals surface area contributed by atoms with Gasteiger partial charge in [-0.2, -0.15) is 8.78 Å². The molecule has 2 aromatic rings. The van der Waals surface area contributed by atoms with Crippen LogP contribution in [0.25, 0.3) is 0 Å². The molecule has 0 saturated carbocycles. The third kappa shape index (κ3) is 4.01. The Bertz CT molecular complexity index is 974. The van der Waals surface area contributed by atoms with E-state index in [-0.39, 0.29) is 37.1 Å². The molecule has 2 aliphatic heterocycles. The second kappa shape index (κ2) is 8.06. The van der Waals surface area contributed by atoms with Gasteiger partial charge >= 0.3 is 6.61 Å². The Labute approximate surface area is 166 Å². The molecule has 29 heavy (non-hydrogen) atoms. The summed E-state index contributed by atoms with van der Waals surface area (Å²) in [4.78, 5) is 17.4. The standard InChI is InChI=1S/C21H19F2NO5/c1-2-26-18-8-13(3-4-17(18)29-21(22)23)16(25)10-15-14-9-20-19(27-11-28-20)7-12(14)5-6-24-15/h3-4,7-9,21H,2,5-6,10-11H2,1H3. The van der Waals surface area contributed by atoms with Crippen LogP contribution in [0.1, 0.15) is 34.8 Å². The van der Waals surface area contributed by atoms with E-state index in [4.69, 9.17) is 14.2 Å². The molecule has 0 saturated heterocycles. The Morgan fingerprint density at radius 1 is 1.17 bits per heavy atom. The van der Waals surface area contributed by atoms with Crippen LogP contribution in [0.15, 0.2) is 35.3 Å². The second-order valence-electron chi connectivity index (χ2n) is 6.51. The number of ether oxygens (including phenoxy) is 4. The third-order valence-corrected chi connectivity index (χ3v) is 4.70. The predicted octanol–water partition coefficient (Wildman–Crippen LogP) is 4.03. The number of ketones is 1. The van der Waals surface area contributed by atoms with Crippen LogP contribution in [-0.4, -0.2) is 38.1 Å². The van der Waals surface area contributed by atoms with E-state index in [1.165, 1.54) is 18.2 Å². The van der Waals surface area contributed by atoms with Crippen molar-refractivity contribution < 1.29 is 32.5 Å². The number of rotatable bonds is 7. The Balaban J connectivity index is 1.57. The van der Waals surface area contributed by atoms with E-state index in [0.717, 1.165) is 17.5 Å². The van der Waals surface area contributed by atoms with Crippen LogP contribution < -0.4 is 18.9 Å². The average Bonchev–Trinajstić information content (AvgIpc) is 3.15. The Morgan fingerprint density at radius 3 is 2.72 bits per heavy atom. The molecule has 0 fully saturated rings. The molecule has 0 atom stereocenters. The van der Waals surface area contributed by atoms with Gasteiger partial charge in [-0.05, 0) is 49.2 Å². The molecule has 0 radical (unpaired) electrons. The number of carbonyl (C=O) groups excluding carboxylic acids is 1. The Morgan fingerprint density at radius 2 is 1.97 bits per heavy atom. The summed E-state index contributed by atoms with van der Waals surface area (Å²) in [6.45, 7) is -0.239. The first-order valence-electron chi connectivity index (χ1n) is 9.26. The van der Waals surface area contributed by atoms with Crippen molar-refractivity contribution in [3.8, 4) is 23.0 Å². The maximum absolute atomic E-state index is 12.9. The van der Waals surface area contributed by atoms with E-state index in [0.29, 0.717) is 29.3 Å². The minimum atomic E-state index is -2.98. The fourth-order valence-electron chi connectivity index (χ4n) is 3.40. The molecule has 0 aliphatic carbocycles. The quantitative estimate of drug-likeness (QED) is 0.653. The molecule has 0 bridgehead atoms. The highest BCUT2D eigenvalue weighted by Crippen LogP contribution is 2.37. The molecule has 0 amide bonds. The topological polar surface area (TPSA) is 66.4 Å². The highest BCUT2D eigenvalue weighted by atomic mass is 19.3. The summed E-state index contributed by atoms with van der Waals surface area (Å²) in [6, 6.07) is 7.98. The number of hydrogen-bond donors (Lipinski definition) is 0. The van der Waals surface area contributed by atoms with Crippen molar-refractivity contribution in [2.45, 2.75) is 26.4 Å². The molecule has 0 spiro atoms. The number of carbonyl (C=O) groups is 1. The highest BCUT2D eigenvalue weighted by Gasteiger charge is 2.24. The summed E-state index contributed by atoms with van der Waals surface area (Å²) in [6.07, 6.45) is 0.838. The first-order valence-corrected chi connectivity index (χ1v) is 9.26. The number of benzene rings is 2. The lowest BCUT2D eigenvalue weighted by molar-refractivity contribution is -0.0514. The summed E-state index contributed by atoms with van der Waals surface area (Å²) in [7, 11) is 0. The summed E-state index contributed by atoms with van der Waals surface area (Å²) >= 11 is 0. The lowest BCUT2D eigenvalue weighted by Gasteiger charge is -2.18. The van der Waals surface area contributed by atoms with E-state index < -0.39 is 6.61 Å². The van der Waals surface area contributed by atoms with Gasteiger partial charge in [-0.15, -0.1) is 0 Å². The number of halogens is 2. The van der Waals surface area contributed by atoms with E-state index in [1.54, 1.807) is 6.92 Å². The van der Waals surface area contributed by atoms with Crippen molar-refractivity contribution in [1.29, 1.82) is 0 Å². The fourth-order valence-corrected chi connectivity index (χ4v) is 3.40. The maximum Gasteiger partial charge on any atom is 0.387 e. The van der Waals surface area contributed by atoms with Crippen LogP contribution in [0, 0.1) is 0 Å². The van der Waals surface area contributed by atoms with Crippen LogP contribution in [0.4, 0.5) is 8.78 Å². The van der Waals surface area contributed by atoms with Gasteiger partial charge in [-0.25, -0.2) is 0 Å². The normalized spacial score (nSPS) is 14.4. The molecule has 2 aromatic carbocycles. The lowest BCUT2D eigenvalue weighted by Crippen LogP contribution is -2.17. The van der Waals surface area contributed by atoms with Crippen molar-refractivity contribution in [3.05, 3.63) is 47.0 Å². The molecule has 4 rings (SSSR count). The van der Waals surface area contributed by atoms with Crippen molar-refractivity contribution in [1.82, 2.24) is 0 Å². The maximum atomic E-state index is 12.9. The van der Waals surface area contributed by atoms with Gasteiger partial charge in [0.1, 0.15) is 0 Å². The number of Topliss-reactive ketones (excluding diaryl/α,β-unsaturated/α-hetero) is 1. The smallest absolute Gasteiger partial charge is 0.387 e. The summed E-state index contributed by atoms with van der Waals surface area (Å²) in [5.74, 6) is 1.14. The Kier molecular flexibility index (Phi) is 5.33. The van der Waals surface area contributed by atoms with Crippen LogP contribution in [0.3, 0.4) is 0 Å². The summed E-state index contributed by atoms with van der Waals surface area (Å²) < 4.78 is 45.8. The molecule has 0 aromatic heterocycles. The predicted molar refractivity (Wildman–Crippen MR) is 101 cm³/mol. The van der Waals surface area contributed by atoms with Gasteiger partial charge in [0.2, 0.25) is 6.79 Å². The van der Waals surface area contributed by atoms with Crippen molar-refractivity contribution in [3.63, 3.8) is 0 Å². The van der Waals surface area contributed by atoms with Crippen molar-refractivity contribution >= 4 is 11.5 Å². The first kappa shape index (κ1) is 19.2. The SMILES string of the molecule is CCOc1cc(C(=O)CC2=NCCc3cc4c(cc32)OCO4)ccc1OC(F)F. The van der Waals surface area contributed by atoms with Gasteiger partial charge in [0, 0.05) is 17.7 Å². The largest absolute Gasteiger partial charge is 0.490 e. The molecule has 0 unspecified atom stereocenters. The van der Waals surface area contributed by atoms with E-state index in [9.17, 15) is 13.6 Å². The zero-order valence-corrected chi connectivity index (χ0v) is 15.7. The van der Waals surface area contributed by atoms with Gasteiger partial charge in [-0.1, -0.05) is 0 Å². The number of nitrogens with zero attached hydrogens (tertiary/aromatic N) is 1. The molecule has 8 heteroatoms. The van der Waals surface area contributed by atoms with Crippen LogP contribution in [0.5, 0.6) is 23.0 Å². The molecule has 0 N–H and O–H groups in total. The van der Waals surface area contributed by atoms with Crippen LogP contribution in [-0.2, 0) is 6.42 Å². The zero-order valence-electron chi connectivity index (χ0n) is 15.7. The van der Waals surface area contributed by atoms with Gasteiger partial charge in [0.25, 0.3) is 0 Å². The van der Waals surface area contributed by atoms with Gasteiger partial charge in [0.05, 0.1) is 18.7 Å². The lowest BCUT2D eigenvalue weighted by atomic mass is 9.92. The van der Waals surface area contributed by atoms with Crippen molar-refractivity contribution in [2.24, 2.45) is 4.99 Å². The number of alkyl halides is 2. The fraction of sp³-hybridized carbons (Fsp3) is 0.333. The monoisotopic (exact) mass is 403 g/mol. The third-order valence-electron chi connectivity index (χ3n) is 4.70. The average molecular weight is 403 g/mol. The minimum absolute atomic E-state index is 0.0766. The van der Waals surface area contributed by atoms with Gasteiger partial charge < -0.3 is 18.9 Å². The van der Waals surface area contributed by atoms with Crippen molar-refractivity contribution in [2.75, 3.05) is 19.9 Å². The number of aliphatic imine (C=N–C) groups is 1. The zero-order chi connectivity index (χ0) is 20.4. The van der Waals surface area contributed by atoms with Gasteiger partial charge in [-0.3, -0.25) is 9.79 Å². The number of fused-ring (bicyclic) bond motifs is 2. The second-order valence-corrected chi connectivity index (χ2v) is 6.51. The van der Waals surface area contributed by atoms with E-state index >= 15 is 0 Å². The molecule has 2 heterocycles. The molecule has 2 aliphatic rings. The highest BCUT2D eigenvalue weighted by molar-refractivity contribution is 6.17. The summed E-state index contributed by atoms with van der Waals surface area (Å²) in [5.41, 5.74) is 2.94. The van der Waals surface area contributed by atoms with Gasteiger partial charge in [0.15, 0.2) is 28.8 Å². The van der Waals surface area contributed by atoms with Crippen LogP contribution >= 0.6 is 0 Å². The molecular weight excluding hydrogens is 384 g/mol. The molecule has 6 nitrogen and oxygen atoms in total. The van der Waals surface area contributed by atoms with E-state index in [1.807, 2.05) is 12.1 Å². The molecule has 152 valence electrons. The Hall–Kier alpha value is -3.16. The minimum Gasteiger partial charge on any atom is -0.490 e. The number of hydrogen-bond acceptors (Lipinski definition) is 6. The summed E-state index contributed by atoms with van der Waals surface area (Å²) in [5, 5.41) is 0. The van der Waals surface area contributed by atoms with Crippen LogP contribution in [0.2, 0.25) is 0 Å². The first-order chi connectivity index (χ1) is 14.0. The van der Waals surface area contributed by atoms with E-state index in [2.05, 4.69) is 9.73 Å².